The number of benzene rings is 2. The highest BCUT2D eigenvalue weighted by Crippen LogP contribution is 2.35. The molecule has 2 aromatic rings. The molecule has 0 radical (unpaired) electrons. The maximum atomic E-state index is 6.53. The highest BCUT2D eigenvalue weighted by molar-refractivity contribution is 6.21. The van der Waals surface area contributed by atoms with E-state index in [-0.39, 0.29) is 5.38 Å². The normalized spacial score (nSPS) is 20.4. The van der Waals surface area contributed by atoms with E-state index < -0.39 is 0 Å². The number of ether oxygens (including phenoxy) is 1. The summed E-state index contributed by atoms with van der Waals surface area (Å²) in [7, 11) is 0. The number of hydrogen-bond acceptors (Lipinski definition) is 1. The summed E-state index contributed by atoms with van der Waals surface area (Å²) in [5, 5.41) is 0.0623. The Bertz CT molecular complexity index is 515. The van der Waals surface area contributed by atoms with Gasteiger partial charge in [0.2, 0.25) is 0 Å². The number of hydrogen-bond donors (Lipinski definition) is 0. The van der Waals surface area contributed by atoms with Crippen molar-refractivity contribution in [1.82, 2.24) is 0 Å². The van der Waals surface area contributed by atoms with Crippen LogP contribution in [0.3, 0.4) is 0 Å². The van der Waals surface area contributed by atoms with Gasteiger partial charge in [0.25, 0.3) is 0 Å². The van der Waals surface area contributed by atoms with Gasteiger partial charge in [-0.05, 0) is 23.1 Å². The SMILES string of the molecule is ClC(c1ccc(-c2ccccc2)cc1)C1CCOC1. The summed E-state index contributed by atoms with van der Waals surface area (Å²) in [5.74, 6) is 0.448. The van der Waals surface area contributed by atoms with Crippen molar-refractivity contribution in [2.24, 2.45) is 5.92 Å². The molecule has 1 aliphatic heterocycles. The molecule has 1 heterocycles. The molecule has 0 bridgehead atoms. The average molecular weight is 273 g/mol. The molecule has 1 aliphatic rings. The minimum absolute atomic E-state index is 0.0623. The molecule has 0 spiro atoms. The number of halogens is 1. The lowest BCUT2D eigenvalue weighted by Gasteiger charge is -2.16. The smallest absolute Gasteiger partial charge is 0.0636 e. The number of rotatable bonds is 3. The minimum atomic E-state index is 0.0623. The number of alkyl halides is 1. The third-order valence-corrected chi connectivity index (χ3v) is 4.32. The van der Waals surface area contributed by atoms with E-state index in [1.54, 1.807) is 0 Å². The topological polar surface area (TPSA) is 9.23 Å². The Hall–Kier alpha value is -1.31. The molecule has 2 atom stereocenters. The molecule has 3 rings (SSSR count). The van der Waals surface area contributed by atoms with Crippen LogP contribution in [0.1, 0.15) is 17.4 Å². The molecular weight excluding hydrogens is 256 g/mol. The van der Waals surface area contributed by atoms with E-state index in [9.17, 15) is 0 Å². The van der Waals surface area contributed by atoms with E-state index in [0.717, 1.165) is 19.6 Å². The summed E-state index contributed by atoms with van der Waals surface area (Å²) < 4.78 is 5.41. The van der Waals surface area contributed by atoms with Crippen molar-refractivity contribution in [1.29, 1.82) is 0 Å². The zero-order valence-corrected chi connectivity index (χ0v) is 11.5. The van der Waals surface area contributed by atoms with E-state index in [2.05, 4.69) is 48.5 Å². The Morgan fingerprint density at radius 1 is 0.947 bits per heavy atom. The van der Waals surface area contributed by atoms with Gasteiger partial charge < -0.3 is 4.74 Å². The quantitative estimate of drug-likeness (QED) is 0.738. The second-order valence-electron chi connectivity index (χ2n) is 5.01. The van der Waals surface area contributed by atoms with Gasteiger partial charge in [-0.25, -0.2) is 0 Å². The fourth-order valence-electron chi connectivity index (χ4n) is 2.55. The van der Waals surface area contributed by atoms with Crippen LogP contribution in [0, 0.1) is 5.92 Å². The molecular formula is C17H17ClO. The monoisotopic (exact) mass is 272 g/mol. The molecule has 1 saturated heterocycles. The summed E-state index contributed by atoms with van der Waals surface area (Å²) in [6.45, 7) is 1.63. The summed E-state index contributed by atoms with van der Waals surface area (Å²) >= 11 is 6.53. The second kappa shape index (κ2) is 5.77. The third kappa shape index (κ3) is 2.83. The first kappa shape index (κ1) is 12.7. The summed E-state index contributed by atoms with van der Waals surface area (Å²) in [5.41, 5.74) is 3.66. The van der Waals surface area contributed by atoms with Crippen LogP contribution in [0.2, 0.25) is 0 Å². The Labute approximate surface area is 119 Å². The van der Waals surface area contributed by atoms with Crippen LogP contribution in [-0.4, -0.2) is 13.2 Å². The lowest BCUT2D eigenvalue weighted by molar-refractivity contribution is 0.185. The fourth-order valence-corrected chi connectivity index (χ4v) is 2.89. The van der Waals surface area contributed by atoms with Crippen LogP contribution in [0.25, 0.3) is 11.1 Å². The maximum Gasteiger partial charge on any atom is 0.0636 e. The molecule has 0 saturated carbocycles. The van der Waals surface area contributed by atoms with Crippen molar-refractivity contribution in [3.8, 4) is 11.1 Å². The van der Waals surface area contributed by atoms with Crippen LogP contribution < -0.4 is 0 Å². The molecule has 0 aliphatic carbocycles. The van der Waals surface area contributed by atoms with Crippen molar-refractivity contribution < 1.29 is 4.74 Å². The van der Waals surface area contributed by atoms with E-state index in [1.807, 2.05) is 6.07 Å². The summed E-state index contributed by atoms with van der Waals surface area (Å²) in [6.07, 6.45) is 1.06. The van der Waals surface area contributed by atoms with Crippen LogP contribution >= 0.6 is 11.6 Å². The molecule has 0 amide bonds. The molecule has 19 heavy (non-hydrogen) atoms. The lowest BCUT2D eigenvalue weighted by Crippen LogP contribution is -2.07. The van der Waals surface area contributed by atoms with Gasteiger partial charge in [-0.2, -0.15) is 0 Å². The summed E-state index contributed by atoms with van der Waals surface area (Å²) in [4.78, 5) is 0. The van der Waals surface area contributed by atoms with Crippen molar-refractivity contribution in [2.45, 2.75) is 11.8 Å². The highest BCUT2D eigenvalue weighted by atomic mass is 35.5. The molecule has 1 fully saturated rings. The van der Waals surface area contributed by atoms with Crippen LogP contribution in [0.4, 0.5) is 0 Å². The minimum Gasteiger partial charge on any atom is -0.381 e. The van der Waals surface area contributed by atoms with E-state index in [4.69, 9.17) is 16.3 Å². The zero-order chi connectivity index (χ0) is 13.1. The average Bonchev–Trinajstić information content (AvgIpc) is 3.02. The van der Waals surface area contributed by atoms with Gasteiger partial charge in [-0.3, -0.25) is 0 Å². The first-order chi connectivity index (χ1) is 9.34. The highest BCUT2D eigenvalue weighted by Gasteiger charge is 2.25. The van der Waals surface area contributed by atoms with Gasteiger partial charge in [-0.15, -0.1) is 11.6 Å². The van der Waals surface area contributed by atoms with Gasteiger partial charge in [0.15, 0.2) is 0 Å². The lowest BCUT2D eigenvalue weighted by atomic mass is 9.96. The Morgan fingerprint density at radius 3 is 2.26 bits per heavy atom. The van der Waals surface area contributed by atoms with Gasteiger partial charge in [0, 0.05) is 12.5 Å². The van der Waals surface area contributed by atoms with Crippen LogP contribution in [0.5, 0.6) is 0 Å². The maximum absolute atomic E-state index is 6.53. The second-order valence-corrected chi connectivity index (χ2v) is 5.48. The summed E-state index contributed by atoms with van der Waals surface area (Å²) in [6, 6.07) is 19.0. The van der Waals surface area contributed by atoms with Gasteiger partial charge >= 0.3 is 0 Å². The Morgan fingerprint density at radius 2 is 1.63 bits per heavy atom. The standard InChI is InChI=1S/C17H17ClO/c18-17(16-10-11-19-12-16)15-8-6-14(7-9-15)13-4-2-1-3-5-13/h1-9,16-17H,10-12H2. The molecule has 2 heteroatoms. The first-order valence-electron chi connectivity index (χ1n) is 6.72. The van der Waals surface area contributed by atoms with E-state index in [0.29, 0.717) is 5.92 Å². The van der Waals surface area contributed by atoms with Crippen molar-refractivity contribution in [3.63, 3.8) is 0 Å². The van der Waals surface area contributed by atoms with E-state index in [1.165, 1.54) is 16.7 Å². The van der Waals surface area contributed by atoms with Gasteiger partial charge in [0.1, 0.15) is 0 Å². The molecule has 2 unspecified atom stereocenters. The predicted octanol–water partition coefficient (Wildman–Crippen LogP) is 4.67. The fraction of sp³-hybridized carbons (Fsp3) is 0.294. The van der Waals surface area contributed by atoms with E-state index >= 15 is 0 Å². The third-order valence-electron chi connectivity index (χ3n) is 3.72. The zero-order valence-electron chi connectivity index (χ0n) is 10.8. The largest absolute Gasteiger partial charge is 0.381 e. The Balaban J connectivity index is 1.79. The molecule has 1 nitrogen and oxygen atoms in total. The van der Waals surface area contributed by atoms with Crippen molar-refractivity contribution >= 4 is 11.6 Å². The Kier molecular flexibility index (Phi) is 3.86. The molecule has 98 valence electrons. The van der Waals surface area contributed by atoms with Gasteiger partial charge in [0.05, 0.1) is 12.0 Å². The van der Waals surface area contributed by atoms with Gasteiger partial charge in [-0.1, -0.05) is 54.6 Å². The molecule has 2 aromatic carbocycles. The van der Waals surface area contributed by atoms with Crippen molar-refractivity contribution in [2.75, 3.05) is 13.2 Å². The predicted molar refractivity (Wildman–Crippen MR) is 79.4 cm³/mol. The van der Waals surface area contributed by atoms with Crippen molar-refractivity contribution in [3.05, 3.63) is 60.2 Å². The molecule has 0 aromatic heterocycles. The first-order valence-corrected chi connectivity index (χ1v) is 7.15. The van der Waals surface area contributed by atoms with Crippen LogP contribution in [-0.2, 0) is 4.74 Å². The molecule has 0 N–H and O–H groups in total. The van der Waals surface area contributed by atoms with Crippen LogP contribution in [0.15, 0.2) is 54.6 Å².